The largest absolute Gasteiger partial charge is 0.497 e. The van der Waals surface area contributed by atoms with Crippen LogP contribution >= 0.6 is 0 Å². The van der Waals surface area contributed by atoms with Crippen LogP contribution in [0.4, 0.5) is 0 Å². The highest BCUT2D eigenvalue weighted by molar-refractivity contribution is 5.80. The Morgan fingerprint density at radius 3 is 2.08 bits per heavy atom. The molecule has 0 radical (unpaired) electrons. The molecule has 0 aromatic heterocycles. The topological polar surface area (TPSA) is 55.8 Å². The first-order chi connectivity index (χ1) is 11.6. The van der Waals surface area contributed by atoms with Gasteiger partial charge in [0, 0.05) is 11.5 Å². The molecule has 1 unspecified atom stereocenters. The van der Waals surface area contributed by atoms with Gasteiger partial charge in [-0.25, -0.2) is 4.79 Å². The number of aliphatic carboxylic acids is 1. The zero-order valence-electron chi connectivity index (χ0n) is 13.7. The van der Waals surface area contributed by atoms with E-state index in [1.807, 2.05) is 36.4 Å². The first kappa shape index (κ1) is 16.1. The molecule has 1 fully saturated rings. The quantitative estimate of drug-likeness (QED) is 0.824. The number of methoxy groups -OCH3 is 2. The van der Waals surface area contributed by atoms with Crippen molar-refractivity contribution < 1.29 is 19.4 Å². The van der Waals surface area contributed by atoms with Crippen LogP contribution in [-0.2, 0) is 10.2 Å². The van der Waals surface area contributed by atoms with Gasteiger partial charge in [-0.2, -0.15) is 0 Å². The van der Waals surface area contributed by atoms with Crippen LogP contribution in [0, 0.1) is 5.92 Å². The highest BCUT2D eigenvalue weighted by Gasteiger charge is 2.55. The van der Waals surface area contributed by atoms with E-state index in [0.717, 1.165) is 29.0 Å². The average molecular weight is 324 g/mol. The second-order valence-corrected chi connectivity index (χ2v) is 5.94. The van der Waals surface area contributed by atoms with Gasteiger partial charge in [0.1, 0.15) is 11.5 Å². The molecule has 24 heavy (non-hydrogen) atoms. The Hall–Kier alpha value is -2.75. The van der Waals surface area contributed by atoms with Gasteiger partial charge >= 0.3 is 5.97 Å². The molecule has 1 aliphatic carbocycles. The Kier molecular flexibility index (Phi) is 4.30. The van der Waals surface area contributed by atoms with Crippen molar-refractivity contribution >= 4 is 5.97 Å². The zero-order valence-corrected chi connectivity index (χ0v) is 13.7. The molecule has 124 valence electrons. The summed E-state index contributed by atoms with van der Waals surface area (Å²) in [5.74, 6) is 0.796. The van der Waals surface area contributed by atoms with Gasteiger partial charge in [-0.3, -0.25) is 0 Å². The van der Waals surface area contributed by atoms with E-state index in [4.69, 9.17) is 14.6 Å². The summed E-state index contributed by atoms with van der Waals surface area (Å²) < 4.78 is 10.7. The highest BCUT2D eigenvalue weighted by Crippen LogP contribution is 2.60. The summed E-state index contributed by atoms with van der Waals surface area (Å²) in [4.78, 5) is 10.9. The van der Waals surface area contributed by atoms with Crippen LogP contribution in [0.15, 0.2) is 60.7 Å². The Labute approximate surface area is 141 Å². The van der Waals surface area contributed by atoms with Crippen LogP contribution in [0.2, 0.25) is 0 Å². The molecule has 2 aromatic carbocycles. The second kappa shape index (κ2) is 6.40. The molecule has 1 N–H and O–H groups in total. The predicted molar refractivity (Wildman–Crippen MR) is 91.7 cm³/mol. The molecule has 1 saturated carbocycles. The molecule has 0 bridgehead atoms. The van der Waals surface area contributed by atoms with E-state index in [2.05, 4.69) is 12.1 Å². The molecule has 1 aliphatic rings. The van der Waals surface area contributed by atoms with E-state index in [1.54, 1.807) is 20.3 Å². The maximum absolute atomic E-state index is 10.9. The van der Waals surface area contributed by atoms with E-state index in [1.165, 1.54) is 6.08 Å². The third-order valence-electron chi connectivity index (χ3n) is 4.66. The number of rotatable bonds is 6. The fourth-order valence-corrected chi connectivity index (χ4v) is 3.35. The smallest absolute Gasteiger partial charge is 0.327 e. The molecule has 0 heterocycles. The number of hydrogen-bond acceptors (Lipinski definition) is 3. The maximum Gasteiger partial charge on any atom is 0.327 e. The van der Waals surface area contributed by atoms with Crippen LogP contribution in [0.3, 0.4) is 0 Å². The molecule has 2 aromatic rings. The summed E-state index contributed by atoms with van der Waals surface area (Å²) >= 11 is 0. The molecular formula is C20H20O4. The molecule has 4 heteroatoms. The summed E-state index contributed by atoms with van der Waals surface area (Å²) in [6.45, 7) is 0. The van der Waals surface area contributed by atoms with E-state index in [-0.39, 0.29) is 11.3 Å². The Morgan fingerprint density at radius 2 is 1.62 bits per heavy atom. The minimum atomic E-state index is -0.924. The average Bonchev–Trinajstić information content (AvgIpc) is 3.36. The number of ether oxygens (including phenoxy) is 2. The lowest BCUT2D eigenvalue weighted by Gasteiger charge is -2.19. The third kappa shape index (κ3) is 2.87. The SMILES string of the molecule is COc1cccc(C2(c3cccc(OC)c3)CC2C=CC(=O)O)c1. The van der Waals surface area contributed by atoms with Gasteiger partial charge in [-0.05, 0) is 47.7 Å². The summed E-state index contributed by atoms with van der Waals surface area (Å²) in [5.41, 5.74) is 2.00. The Morgan fingerprint density at radius 1 is 1.08 bits per heavy atom. The van der Waals surface area contributed by atoms with Gasteiger partial charge in [-0.15, -0.1) is 0 Å². The first-order valence-corrected chi connectivity index (χ1v) is 7.80. The maximum atomic E-state index is 10.9. The summed E-state index contributed by atoms with van der Waals surface area (Å²) in [6.07, 6.45) is 3.87. The molecule has 4 nitrogen and oxygen atoms in total. The van der Waals surface area contributed by atoms with Crippen LogP contribution < -0.4 is 9.47 Å². The van der Waals surface area contributed by atoms with Crippen molar-refractivity contribution in [3.05, 3.63) is 71.8 Å². The van der Waals surface area contributed by atoms with Gasteiger partial charge in [0.25, 0.3) is 0 Å². The molecule has 1 atom stereocenters. The number of carboxylic acid groups (broad SMARTS) is 1. The van der Waals surface area contributed by atoms with E-state index in [0.29, 0.717) is 0 Å². The van der Waals surface area contributed by atoms with Crippen molar-refractivity contribution in [3.63, 3.8) is 0 Å². The Bertz CT molecular complexity index is 731. The molecule has 0 aliphatic heterocycles. The van der Waals surface area contributed by atoms with Gasteiger partial charge < -0.3 is 14.6 Å². The van der Waals surface area contributed by atoms with E-state index < -0.39 is 5.97 Å². The van der Waals surface area contributed by atoms with Crippen LogP contribution in [0.25, 0.3) is 0 Å². The fourth-order valence-electron chi connectivity index (χ4n) is 3.35. The fraction of sp³-hybridized carbons (Fsp3) is 0.250. The van der Waals surface area contributed by atoms with Crippen molar-refractivity contribution in [3.8, 4) is 11.5 Å². The van der Waals surface area contributed by atoms with Crippen molar-refractivity contribution in [2.75, 3.05) is 14.2 Å². The van der Waals surface area contributed by atoms with E-state index >= 15 is 0 Å². The minimum Gasteiger partial charge on any atom is -0.497 e. The van der Waals surface area contributed by atoms with Crippen molar-refractivity contribution in [1.82, 2.24) is 0 Å². The number of hydrogen-bond donors (Lipinski definition) is 1. The number of carbonyl (C=O) groups is 1. The summed E-state index contributed by atoms with van der Waals surface area (Å²) in [6, 6.07) is 15.9. The number of allylic oxidation sites excluding steroid dienone is 1. The van der Waals surface area contributed by atoms with Crippen molar-refractivity contribution in [1.29, 1.82) is 0 Å². The molecular weight excluding hydrogens is 304 g/mol. The van der Waals surface area contributed by atoms with Crippen molar-refractivity contribution in [2.45, 2.75) is 11.8 Å². The standard InChI is InChI=1S/C20H20O4/c1-23-17-7-3-5-14(11-17)20(13-16(20)9-10-19(21)22)15-6-4-8-18(12-15)24-2/h3-12,16H,13H2,1-2H3,(H,21,22). The summed E-state index contributed by atoms with van der Waals surface area (Å²) in [5, 5.41) is 8.94. The zero-order chi connectivity index (χ0) is 17.2. The highest BCUT2D eigenvalue weighted by atomic mass is 16.5. The first-order valence-electron chi connectivity index (χ1n) is 7.80. The monoisotopic (exact) mass is 324 g/mol. The minimum absolute atomic E-state index is 0.132. The lowest BCUT2D eigenvalue weighted by molar-refractivity contribution is -0.131. The molecule has 0 saturated heterocycles. The lowest BCUT2D eigenvalue weighted by Crippen LogP contribution is -2.12. The number of benzene rings is 2. The lowest BCUT2D eigenvalue weighted by atomic mass is 9.85. The van der Waals surface area contributed by atoms with E-state index in [9.17, 15) is 4.79 Å². The van der Waals surface area contributed by atoms with Gasteiger partial charge in [-0.1, -0.05) is 30.3 Å². The molecule has 0 spiro atoms. The van der Waals surface area contributed by atoms with Crippen LogP contribution in [-0.4, -0.2) is 25.3 Å². The second-order valence-electron chi connectivity index (χ2n) is 5.94. The predicted octanol–water partition coefficient (Wildman–Crippen LogP) is 3.65. The van der Waals surface area contributed by atoms with Gasteiger partial charge in [0.15, 0.2) is 0 Å². The van der Waals surface area contributed by atoms with Crippen LogP contribution in [0.1, 0.15) is 17.5 Å². The third-order valence-corrected chi connectivity index (χ3v) is 4.66. The Balaban J connectivity index is 2.07. The van der Waals surface area contributed by atoms with Crippen LogP contribution in [0.5, 0.6) is 11.5 Å². The summed E-state index contributed by atoms with van der Waals surface area (Å²) in [7, 11) is 3.29. The van der Waals surface area contributed by atoms with Gasteiger partial charge in [0.05, 0.1) is 14.2 Å². The van der Waals surface area contributed by atoms with Crippen molar-refractivity contribution in [2.24, 2.45) is 5.92 Å². The molecule has 3 rings (SSSR count). The van der Waals surface area contributed by atoms with Gasteiger partial charge in [0.2, 0.25) is 0 Å². The number of carboxylic acids is 1. The molecule has 0 amide bonds. The normalized spacial score (nSPS) is 18.3.